The first-order chi connectivity index (χ1) is 19.4. The Morgan fingerprint density at radius 1 is 1.07 bits per heavy atom. The summed E-state index contributed by atoms with van der Waals surface area (Å²) in [4.78, 5) is 38.3. The van der Waals surface area contributed by atoms with Crippen LogP contribution in [0.2, 0.25) is 5.02 Å². The fraction of sp³-hybridized carbons (Fsp3) is 0.367. The largest absolute Gasteiger partial charge is 0.490 e. The van der Waals surface area contributed by atoms with Gasteiger partial charge in [0.15, 0.2) is 17.3 Å². The van der Waals surface area contributed by atoms with Crippen molar-refractivity contribution in [3.63, 3.8) is 0 Å². The molecule has 4 heterocycles. The van der Waals surface area contributed by atoms with E-state index in [4.69, 9.17) is 21.2 Å². The smallest absolute Gasteiger partial charge is 0.253 e. The summed E-state index contributed by atoms with van der Waals surface area (Å²) in [6.07, 6.45) is 6.56. The highest BCUT2D eigenvalue weighted by Crippen LogP contribution is 2.42. The molecule has 1 N–H and O–H groups in total. The lowest BCUT2D eigenvalue weighted by Crippen LogP contribution is -2.43. The lowest BCUT2D eigenvalue weighted by Gasteiger charge is -2.38. The van der Waals surface area contributed by atoms with Gasteiger partial charge in [-0.2, -0.15) is 0 Å². The van der Waals surface area contributed by atoms with Crippen molar-refractivity contribution in [2.45, 2.75) is 31.7 Å². The molecule has 8 nitrogen and oxygen atoms in total. The minimum absolute atomic E-state index is 0.0229. The molecule has 40 heavy (non-hydrogen) atoms. The number of nitrogens with zero attached hydrogens (tertiary/aromatic N) is 3. The van der Waals surface area contributed by atoms with Crippen LogP contribution in [0.4, 0.5) is 4.39 Å². The second-order valence-electron chi connectivity index (χ2n) is 10.7. The van der Waals surface area contributed by atoms with Gasteiger partial charge in [0, 0.05) is 68.3 Å². The van der Waals surface area contributed by atoms with E-state index in [9.17, 15) is 9.59 Å². The Kier molecular flexibility index (Phi) is 7.33. The van der Waals surface area contributed by atoms with Crippen molar-refractivity contribution in [3.05, 3.63) is 88.5 Å². The summed E-state index contributed by atoms with van der Waals surface area (Å²) in [5.41, 5.74) is 1.08. The van der Waals surface area contributed by atoms with Crippen LogP contribution >= 0.6 is 11.6 Å². The summed E-state index contributed by atoms with van der Waals surface area (Å²) in [6.45, 7) is 3.02. The number of likely N-dealkylation sites (tertiary alicyclic amines) is 1. The number of amides is 2. The SMILES string of the molecule is O=C(N[C@@H]1CCOc2c(F)cc(C(=O)N3CCC4(CCN(Oc5ccncc5)CC4)C3)cc21)c1ccccc1Cl. The molecule has 1 atom stereocenters. The van der Waals surface area contributed by atoms with Gasteiger partial charge < -0.3 is 19.8 Å². The van der Waals surface area contributed by atoms with Crippen LogP contribution in [-0.2, 0) is 0 Å². The average molecular weight is 565 g/mol. The number of halogens is 2. The second-order valence-corrected chi connectivity index (χ2v) is 11.1. The molecule has 6 rings (SSSR count). The standard InChI is InChI=1S/C30H30ClFN4O4/c31-24-4-2-1-3-22(24)28(37)34-26-7-16-39-27-23(26)17-20(18-25(27)32)29(38)35-13-8-30(19-35)9-14-36(15-10-30)40-21-5-11-33-12-6-21/h1-6,11-12,17-18,26H,7-10,13-16,19H2,(H,34,37)/t26-/m1/s1. The first-order valence-electron chi connectivity index (χ1n) is 13.5. The van der Waals surface area contributed by atoms with Gasteiger partial charge in [0.2, 0.25) is 0 Å². The molecule has 0 saturated carbocycles. The van der Waals surface area contributed by atoms with E-state index in [1.54, 1.807) is 42.7 Å². The highest BCUT2D eigenvalue weighted by molar-refractivity contribution is 6.33. The fourth-order valence-electron chi connectivity index (χ4n) is 5.91. The van der Waals surface area contributed by atoms with Crippen molar-refractivity contribution in [3.8, 4) is 11.5 Å². The Morgan fingerprint density at radius 2 is 1.82 bits per heavy atom. The number of carbonyl (C=O) groups is 2. The van der Waals surface area contributed by atoms with Crippen LogP contribution in [0.5, 0.6) is 11.5 Å². The second kappa shape index (κ2) is 11.1. The van der Waals surface area contributed by atoms with Crippen molar-refractivity contribution in [1.29, 1.82) is 0 Å². The van der Waals surface area contributed by atoms with Gasteiger partial charge in [-0.25, -0.2) is 4.39 Å². The van der Waals surface area contributed by atoms with Crippen LogP contribution in [-0.4, -0.2) is 59.5 Å². The number of hydrogen-bond acceptors (Lipinski definition) is 6. The Hall–Kier alpha value is -3.69. The number of aromatic nitrogens is 1. The molecule has 2 amide bonds. The van der Waals surface area contributed by atoms with Gasteiger partial charge in [0.05, 0.1) is 23.2 Å². The Labute approximate surface area is 237 Å². The third-order valence-corrected chi connectivity index (χ3v) is 8.49. The molecule has 1 aromatic heterocycles. The van der Waals surface area contributed by atoms with Crippen LogP contribution < -0.4 is 14.9 Å². The fourth-order valence-corrected chi connectivity index (χ4v) is 6.14. The number of hydrogen-bond donors (Lipinski definition) is 1. The van der Waals surface area contributed by atoms with E-state index in [-0.39, 0.29) is 35.1 Å². The van der Waals surface area contributed by atoms with Crippen molar-refractivity contribution in [2.75, 3.05) is 32.8 Å². The van der Waals surface area contributed by atoms with Crippen LogP contribution in [0.1, 0.15) is 58.0 Å². The number of benzene rings is 2. The number of nitrogens with one attached hydrogen (secondary N) is 1. The first-order valence-corrected chi connectivity index (χ1v) is 13.9. The zero-order chi connectivity index (χ0) is 27.7. The molecule has 0 unspecified atom stereocenters. The molecule has 3 aliphatic rings. The van der Waals surface area contributed by atoms with Gasteiger partial charge in [0.1, 0.15) is 0 Å². The highest BCUT2D eigenvalue weighted by Gasteiger charge is 2.43. The highest BCUT2D eigenvalue weighted by atomic mass is 35.5. The summed E-state index contributed by atoms with van der Waals surface area (Å²) >= 11 is 6.20. The minimum atomic E-state index is -0.604. The summed E-state index contributed by atoms with van der Waals surface area (Å²) in [5, 5.41) is 5.24. The zero-order valence-electron chi connectivity index (χ0n) is 21.9. The van der Waals surface area contributed by atoms with Gasteiger partial charge >= 0.3 is 0 Å². The minimum Gasteiger partial charge on any atom is -0.490 e. The number of ether oxygens (including phenoxy) is 1. The zero-order valence-corrected chi connectivity index (χ0v) is 22.7. The van der Waals surface area contributed by atoms with E-state index in [0.29, 0.717) is 35.7 Å². The van der Waals surface area contributed by atoms with Gasteiger partial charge in [0.25, 0.3) is 11.8 Å². The molecule has 0 aliphatic carbocycles. The van der Waals surface area contributed by atoms with Gasteiger partial charge in [-0.3, -0.25) is 14.6 Å². The van der Waals surface area contributed by atoms with Crippen LogP contribution in [0.25, 0.3) is 0 Å². The number of pyridine rings is 1. The van der Waals surface area contributed by atoms with E-state index >= 15 is 4.39 Å². The first kappa shape index (κ1) is 26.5. The Morgan fingerprint density at radius 3 is 2.60 bits per heavy atom. The van der Waals surface area contributed by atoms with E-state index in [0.717, 1.165) is 38.1 Å². The predicted octanol–water partition coefficient (Wildman–Crippen LogP) is 5.05. The monoisotopic (exact) mass is 564 g/mol. The van der Waals surface area contributed by atoms with Crippen molar-refractivity contribution < 1.29 is 23.6 Å². The van der Waals surface area contributed by atoms with Crippen molar-refractivity contribution in [2.24, 2.45) is 5.41 Å². The molecular weight excluding hydrogens is 535 g/mol. The number of rotatable bonds is 5. The number of carbonyl (C=O) groups excluding carboxylic acids is 2. The molecule has 10 heteroatoms. The summed E-state index contributed by atoms with van der Waals surface area (Å²) in [7, 11) is 0. The predicted molar refractivity (Wildman–Crippen MR) is 147 cm³/mol. The topological polar surface area (TPSA) is 84.0 Å². The molecular formula is C30H30ClFN4O4. The average Bonchev–Trinajstić information content (AvgIpc) is 3.38. The third kappa shape index (κ3) is 5.36. The normalized spacial score (nSPS) is 20.1. The van der Waals surface area contributed by atoms with E-state index in [2.05, 4.69) is 10.3 Å². The van der Waals surface area contributed by atoms with Gasteiger partial charge in [-0.1, -0.05) is 23.7 Å². The summed E-state index contributed by atoms with van der Waals surface area (Å²) in [6, 6.07) is 12.8. The summed E-state index contributed by atoms with van der Waals surface area (Å²) < 4.78 is 20.8. The van der Waals surface area contributed by atoms with Crippen LogP contribution in [0.15, 0.2) is 60.9 Å². The lowest BCUT2D eigenvalue weighted by molar-refractivity contribution is -0.0962. The lowest BCUT2D eigenvalue weighted by atomic mass is 9.78. The quantitative estimate of drug-likeness (QED) is 0.467. The molecule has 208 valence electrons. The molecule has 2 fully saturated rings. The molecule has 2 saturated heterocycles. The maximum absolute atomic E-state index is 15.2. The molecule has 2 aromatic carbocycles. The van der Waals surface area contributed by atoms with Crippen LogP contribution in [0, 0.1) is 11.2 Å². The van der Waals surface area contributed by atoms with E-state index in [1.807, 2.05) is 22.1 Å². The Balaban J connectivity index is 1.14. The van der Waals surface area contributed by atoms with Crippen molar-refractivity contribution >= 4 is 23.4 Å². The van der Waals surface area contributed by atoms with Gasteiger partial charge in [-0.05, 0) is 48.9 Å². The molecule has 3 aromatic rings. The van der Waals surface area contributed by atoms with Crippen LogP contribution in [0.3, 0.4) is 0 Å². The summed E-state index contributed by atoms with van der Waals surface area (Å²) in [5.74, 6) is -0.342. The molecule has 1 spiro atoms. The number of hydroxylamine groups is 2. The Bertz CT molecular complexity index is 1410. The van der Waals surface area contributed by atoms with E-state index < -0.39 is 11.9 Å². The maximum atomic E-state index is 15.2. The molecule has 0 radical (unpaired) electrons. The molecule has 0 bridgehead atoms. The van der Waals surface area contributed by atoms with Crippen molar-refractivity contribution in [1.82, 2.24) is 20.3 Å². The third-order valence-electron chi connectivity index (χ3n) is 8.16. The maximum Gasteiger partial charge on any atom is 0.253 e. The number of piperidine rings is 1. The molecule has 3 aliphatic heterocycles. The van der Waals surface area contributed by atoms with E-state index in [1.165, 1.54) is 6.07 Å². The number of fused-ring (bicyclic) bond motifs is 1. The van der Waals surface area contributed by atoms with Gasteiger partial charge in [-0.15, -0.1) is 5.06 Å².